The molecule has 3 atom stereocenters. The van der Waals surface area contributed by atoms with Crippen LogP contribution in [0.15, 0.2) is 24.3 Å². The number of ether oxygens (including phenoxy) is 2. The molecule has 0 bridgehead atoms. The van der Waals surface area contributed by atoms with Crippen LogP contribution in [0.4, 0.5) is 0 Å². The summed E-state index contributed by atoms with van der Waals surface area (Å²) in [5.41, 5.74) is 0.611. The fourth-order valence-electron chi connectivity index (χ4n) is 4.71. The zero-order chi connectivity index (χ0) is 18.2. The number of hydrogen-bond donors (Lipinski definition) is 0. The van der Waals surface area contributed by atoms with Crippen LogP contribution < -0.4 is 4.74 Å². The first-order valence-corrected chi connectivity index (χ1v) is 10.2. The van der Waals surface area contributed by atoms with E-state index in [0.717, 1.165) is 25.1 Å². The third-order valence-corrected chi connectivity index (χ3v) is 6.28. The highest BCUT2D eigenvalue weighted by Crippen LogP contribution is 2.52. The Morgan fingerprint density at radius 1 is 1.12 bits per heavy atom. The Bertz CT molecular complexity index is 710. The topological polar surface area (TPSA) is 21.7 Å². The number of rotatable bonds is 1. The fraction of sp³-hybridized carbons (Fsp3) is 0.652. The summed E-state index contributed by atoms with van der Waals surface area (Å²) < 4.78 is 13.0. The van der Waals surface area contributed by atoms with E-state index >= 15 is 0 Å². The number of hydrogen-bond acceptors (Lipinski definition) is 3. The molecule has 3 heterocycles. The smallest absolute Gasteiger partial charge is 0.126 e. The molecule has 0 spiro atoms. The lowest BCUT2D eigenvalue weighted by atomic mass is 9.73. The van der Waals surface area contributed by atoms with Gasteiger partial charge < -0.3 is 9.47 Å². The quantitative estimate of drug-likeness (QED) is 0.690. The van der Waals surface area contributed by atoms with Crippen LogP contribution in [0.1, 0.15) is 64.5 Å². The average molecular weight is 354 g/mol. The Balaban J connectivity index is 1.52. The third-order valence-electron chi connectivity index (χ3n) is 6.28. The zero-order valence-electron chi connectivity index (χ0n) is 16.4. The van der Waals surface area contributed by atoms with Crippen LogP contribution in [-0.2, 0) is 4.74 Å². The van der Waals surface area contributed by atoms with Crippen molar-refractivity contribution in [2.75, 3.05) is 19.6 Å². The fourth-order valence-corrected chi connectivity index (χ4v) is 4.71. The summed E-state index contributed by atoms with van der Waals surface area (Å²) in [7, 11) is 0. The van der Waals surface area contributed by atoms with Gasteiger partial charge in [-0.25, -0.2) is 0 Å². The molecule has 2 saturated heterocycles. The summed E-state index contributed by atoms with van der Waals surface area (Å²) >= 11 is 0. The third kappa shape index (κ3) is 3.50. The van der Waals surface area contributed by atoms with Crippen molar-refractivity contribution in [3.8, 4) is 17.6 Å². The van der Waals surface area contributed by atoms with Gasteiger partial charge in [0.05, 0.1) is 12.6 Å². The van der Waals surface area contributed by atoms with Crippen molar-refractivity contribution in [2.24, 2.45) is 5.92 Å². The summed E-state index contributed by atoms with van der Waals surface area (Å²) in [6.07, 6.45) is 6.11. The van der Waals surface area contributed by atoms with Crippen LogP contribution in [-0.4, -0.2) is 35.7 Å². The van der Waals surface area contributed by atoms with Gasteiger partial charge in [-0.3, -0.25) is 4.90 Å². The molecule has 3 aliphatic heterocycles. The lowest BCUT2D eigenvalue weighted by Crippen LogP contribution is -2.50. The summed E-state index contributed by atoms with van der Waals surface area (Å²) in [6, 6.07) is 8.32. The van der Waals surface area contributed by atoms with Crippen molar-refractivity contribution in [1.82, 2.24) is 4.90 Å². The number of benzene rings is 1. The molecule has 0 radical (unpaired) electrons. The Labute approximate surface area is 158 Å². The van der Waals surface area contributed by atoms with Gasteiger partial charge >= 0.3 is 0 Å². The van der Waals surface area contributed by atoms with Crippen LogP contribution >= 0.6 is 0 Å². The van der Waals surface area contributed by atoms with E-state index < -0.39 is 0 Å². The average Bonchev–Trinajstić information content (AvgIpc) is 2.62. The van der Waals surface area contributed by atoms with Crippen LogP contribution in [0.2, 0.25) is 0 Å². The molecule has 26 heavy (non-hydrogen) atoms. The minimum Gasteiger partial charge on any atom is -0.487 e. The Morgan fingerprint density at radius 2 is 1.88 bits per heavy atom. The molecule has 2 fully saturated rings. The largest absolute Gasteiger partial charge is 0.487 e. The lowest BCUT2D eigenvalue weighted by Gasteiger charge is -2.50. The standard InChI is InChI=1S/C23H31NO2/c1-22(2)19-12-14-23(3,13-9-17-24-15-7-4-8-16-24)26-21(19)18-10-5-6-11-20(18)25-22/h5-6,10-11,19,21H,4,7-8,12,14-17H2,1-3H3/t19-,21+,23+/m0/s1. The van der Waals surface area contributed by atoms with Crippen LogP contribution in [0.3, 0.4) is 0 Å². The van der Waals surface area contributed by atoms with Crippen LogP contribution in [0.25, 0.3) is 0 Å². The molecular formula is C23H31NO2. The monoisotopic (exact) mass is 353 g/mol. The highest BCUT2D eigenvalue weighted by Gasteiger charge is 2.49. The van der Waals surface area contributed by atoms with Gasteiger partial charge in [-0.1, -0.05) is 36.5 Å². The van der Waals surface area contributed by atoms with E-state index in [1.165, 1.54) is 37.9 Å². The summed E-state index contributed by atoms with van der Waals surface area (Å²) in [6.45, 7) is 9.80. The predicted molar refractivity (Wildman–Crippen MR) is 104 cm³/mol. The molecule has 4 rings (SSSR count). The second kappa shape index (κ2) is 6.91. The van der Waals surface area contributed by atoms with Crippen molar-refractivity contribution in [3.63, 3.8) is 0 Å². The van der Waals surface area contributed by atoms with Gasteiger partial charge in [0.25, 0.3) is 0 Å². The van der Waals surface area contributed by atoms with E-state index in [2.05, 4.69) is 55.7 Å². The van der Waals surface area contributed by atoms with E-state index in [4.69, 9.17) is 9.47 Å². The Kier molecular flexibility index (Phi) is 4.75. The molecule has 0 saturated carbocycles. The first-order chi connectivity index (χ1) is 12.5. The lowest BCUT2D eigenvalue weighted by molar-refractivity contribution is -0.169. The van der Waals surface area contributed by atoms with Crippen molar-refractivity contribution in [2.45, 2.75) is 70.2 Å². The minimum absolute atomic E-state index is 0.0676. The predicted octanol–water partition coefficient (Wildman–Crippen LogP) is 4.57. The van der Waals surface area contributed by atoms with E-state index in [1.807, 2.05) is 6.07 Å². The van der Waals surface area contributed by atoms with E-state index in [1.54, 1.807) is 0 Å². The number of nitrogens with zero attached hydrogens (tertiary/aromatic N) is 1. The van der Waals surface area contributed by atoms with Crippen molar-refractivity contribution < 1.29 is 9.47 Å². The highest BCUT2D eigenvalue weighted by molar-refractivity contribution is 5.39. The van der Waals surface area contributed by atoms with Gasteiger partial charge in [0.15, 0.2) is 0 Å². The maximum atomic E-state index is 6.66. The normalized spacial score (nSPS) is 33.2. The van der Waals surface area contributed by atoms with Gasteiger partial charge in [0, 0.05) is 11.5 Å². The molecule has 1 aromatic carbocycles. The van der Waals surface area contributed by atoms with Crippen LogP contribution in [0.5, 0.6) is 5.75 Å². The second-order valence-electron chi connectivity index (χ2n) is 8.80. The number of piperidine rings is 1. The van der Waals surface area contributed by atoms with Crippen molar-refractivity contribution in [3.05, 3.63) is 29.8 Å². The number of fused-ring (bicyclic) bond motifs is 3. The van der Waals surface area contributed by atoms with E-state index in [0.29, 0.717) is 5.92 Å². The van der Waals surface area contributed by atoms with Gasteiger partial charge in [-0.2, -0.15) is 0 Å². The molecule has 0 amide bonds. The molecule has 3 aliphatic rings. The van der Waals surface area contributed by atoms with E-state index in [9.17, 15) is 0 Å². The molecular weight excluding hydrogens is 322 g/mol. The van der Waals surface area contributed by atoms with Gasteiger partial charge in [-0.05, 0) is 65.6 Å². The first-order valence-electron chi connectivity index (χ1n) is 10.2. The molecule has 0 aromatic heterocycles. The maximum absolute atomic E-state index is 6.66. The minimum atomic E-state index is -0.364. The van der Waals surface area contributed by atoms with Gasteiger partial charge in [-0.15, -0.1) is 0 Å². The zero-order valence-corrected chi connectivity index (χ0v) is 16.4. The molecule has 0 aliphatic carbocycles. The summed E-state index contributed by atoms with van der Waals surface area (Å²) in [5, 5.41) is 0. The maximum Gasteiger partial charge on any atom is 0.126 e. The van der Waals surface area contributed by atoms with Gasteiger partial charge in [0.2, 0.25) is 0 Å². The number of likely N-dealkylation sites (tertiary alicyclic amines) is 1. The SMILES string of the molecule is CC1(C)Oc2ccccc2[C@H]2O[C@](C)(C#CCN3CCCCC3)CC[C@@H]21. The Hall–Kier alpha value is -1.50. The van der Waals surface area contributed by atoms with E-state index in [-0.39, 0.29) is 17.3 Å². The number of para-hydroxylation sites is 1. The molecule has 0 N–H and O–H groups in total. The molecule has 140 valence electrons. The second-order valence-corrected chi connectivity index (χ2v) is 8.80. The molecule has 3 nitrogen and oxygen atoms in total. The molecule has 0 unspecified atom stereocenters. The van der Waals surface area contributed by atoms with Crippen molar-refractivity contribution in [1.29, 1.82) is 0 Å². The Morgan fingerprint density at radius 3 is 2.69 bits per heavy atom. The summed E-state index contributed by atoms with van der Waals surface area (Å²) in [4.78, 5) is 2.47. The molecule has 1 aromatic rings. The first kappa shape index (κ1) is 17.9. The summed E-state index contributed by atoms with van der Waals surface area (Å²) in [5.74, 6) is 8.24. The highest BCUT2D eigenvalue weighted by atomic mass is 16.5. The van der Waals surface area contributed by atoms with Crippen molar-refractivity contribution >= 4 is 0 Å². The van der Waals surface area contributed by atoms with Crippen LogP contribution in [0, 0.1) is 17.8 Å². The molecule has 3 heteroatoms. The van der Waals surface area contributed by atoms with Gasteiger partial charge in [0.1, 0.15) is 17.0 Å².